The summed E-state index contributed by atoms with van der Waals surface area (Å²) in [7, 11) is -4.23. The van der Waals surface area contributed by atoms with Gasteiger partial charge in [-0.25, -0.2) is 0 Å². The first-order valence-corrected chi connectivity index (χ1v) is 8.48. The van der Waals surface area contributed by atoms with E-state index in [0.717, 1.165) is 6.07 Å². The fourth-order valence-corrected chi connectivity index (χ4v) is 3.35. The van der Waals surface area contributed by atoms with Crippen LogP contribution in [0.1, 0.15) is 29.8 Å². The molecule has 0 aromatic heterocycles. The van der Waals surface area contributed by atoms with Crippen molar-refractivity contribution in [2.24, 2.45) is 0 Å². The molecule has 0 radical (unpaired) electrons. The number of ketones is 1. The lowest BCUT2D eigenvalue weighted by Gasteiger charge is -2.10. The Morgan fingerprint density at radius 2 is 1.79 bits per heavy atom. The summed E-state index contributed by atoms with van der Waals surface area (Å²) >= 11 is 0. The van der Waals surface area contributed by atoms with E-state index in [-0.39, 0.29) is 22.1 Å². The number of hydrogen-bond acceptors (Lipinski definition) is 6. The minimum Gasteiger partial charge on any atom is -0.379 e. The van der Waals surface area contributed by atoms with Crippen LogP contribution in [0.2, 0.25) is 0 Å². The first kappa shape index (κ1) is 17.6. The van der Waals surface area contributed by atoms with Gasteiger partial charge in [0.05, 0.1) is 4.92 Å². The molecule has 2 aromatic rings. The van der Waals surface area contributed by atoms with E-state index in [1.165, 1.54) is 43.3 Å². The minimum atomic E-state index is -4.23. The van der Waals surface area contributed by atoms with Gasteiger partial charge in [0.1, 0.15) is 10.6 Å². The van der Waals surface area contributed by atoms with Crippen molar-refractivity contribution in [1.29, 1.82) is 0 Å². The molecule has 7 nitrogen and oxygen atoms in total. The Morgan fingerprint density at radius 3 is 2.29 bits per heavy atom. The number of Topliss-reactive ketones (excluding diaryl/α,β-unsaturated/α-hetero) is 1. The molecule has 2 rings (SSSR count). The Hall–Kier alpha value is -2.74. The second-order valence-electron chi connectivity index (χ2n) is 5.02. The molecule has 0 bridgehead atoms. The van der Waals surface area contributed by atoms with E-state index in [9.17, 15) is 23.3 Å². The van der Waals surface area contributed by atoms with Crippen molar-refractivity contribution in [3.63, 3.8) is 0 Å². The predicted octanol–water partition coefficient (Wildman–Crippen LogP) is 3.13. The first-order chi connectivity index (χ1) is 11.2. The Morgan fingerprint density at radius 1 is 1.17 bits per heavy atom. The molecule has 0 aliphatic carbocycles. The number of nitro benzene ring substituents is 1. The van der Waals surface area contributed by atoms with Crippen molar-refractivity contribution < 1.29 is 22.3 Å². The molecule has 24 heavy (non-hydrogen) atoms. The predicted molar refractivity (Wildman–Crippen MR) is 86.7 cm³/mol. The van der Waals surface area contributed by atoms with Gasteiger partial charge in [-0.15, -0.1) is 0 Å². The lowest BCUT2D eigenvalue weighted by Crippen LogP contribution is -2.12. The zero-order chi connectivity index (χ0) is 17.9. The van der Waals surface area contributed by atoms with Gasteiger partial charge in [-0.2, -0.15) is 8.42 Å². The summed E-state index contributed by atoms with van der Waals surface area (Å²) in [5.74, 6) is -0.134. The summed E-state index contributed by atoms with van der Waals surface area (Å²) in [5, 5.41) is 10.9. The number of rotatable bonds is 6. The molecular formula is C16H15NO6S. The molecule has 0 amide bonds. The summed E-state index contributed by atoms with van der Waals surface area (Å²) in [4.78, 5) is 21.2. The first-order valence-electron chi connectivity index (χ1n) is 7.07. The zero-order valence-corrected chi connectivity index (χ0v) is 13.9. The lowest BCUT2D eigenvalue weighted by atomic mass is 10.1. The lowest BCUT2D eigenvalue weighted by molar-refractivity contribution is -0.385. The molecule has 8 heteroatoms. The van der Waals surface area contributed by atoms with E-state index in [4.69, 9.17) is 4.18 Å². The van der Waals surface area contributed by atoms with E-state index in [2.05, 4.69) is 0 Å². The highest BCUT2D eigenvalue weighted by atomic mass is 32.2. The highest BCUT2D eigenvalue weighted by Crippen LogP contribution is 2.26. The molecule has 0 saturated carbocycles. The van der Waals surface area contributed by atoms with Gasteiger partial charge >= 0.3 is 10.1 Å². The van der Waals surface area contributed by atoms with Crippen LogP contribution in [0.5, 0.6) is 5.75 Å². The summed E-state index contributed by atoms with van der Waals surface area (Å²) in [6.07, 6.45) is 0.374. The SMILES string of the molecule is CCc1ccc([N+](=O)[O-])cc1S(=O)(=O)Oc1ccc(C(C)=O)cc1. The normalized spacial score (nSPS) is 11.1. The van der Waals surface area contributed by atoms with Crippen molar-refractivity contribution in [3.05, 3.63) is 63.7 Å². The van der Waals surface area contributed by atoms with E-state index in [1.54, 1.807) is 6.92 Å². The third-order valence-electron chi connectivity index (χ3n) is 3.38. The highest BCUT2D eigenvalue weighted by molar-refractivity contribution is 7.87. The van der Waals surface area contributed by atoms with Crippen LogP contribution < -0.4 is 4.18 Å². The Balaban J connectivity index is 2.41. The minimum absolute atomic E-state index is 0.0218. The van der Waals surface area contributed by atoms with Crippen molar-refractivity contribution in [1.82, 2.24) is 0 Å². The molecule has 0 spiro atoms. The van der Waals surface area contributed by atoms with Crippen LogP contribution >= 0.6 is 0 Å². The second kappa shape index (κ2) is 6.79. The number of non-ortho nitro benzene ring substituents is 1. The molecular weight excluding hydrogens is 334 g/mol. The van der Waals surface area contributed by atoms with Crippen LogP contribution in [0.3, 0.4) is 0 Å². The number of nitrogens with zero attached hydrogens (tertiary/aromatic N) is 1. The van der Waals surface area contributed by atoms with Crippen LogP contribution in [0.4, 0.5) is 5.69 Å². The maximum atomic E-state index is 12.5. The van der Waals surface area contributed by atoms with Gasteiger partial charge in [-0.3, -0.25) is 14.9 Å². The molecule has 126 valence electrons. The summed E-state index contributed by atoms with van der Waals surface area (Å²) in [5.41, 5.74) is 0.506. The average molecular weight is 349 g/mol. The van der Waals surface area contributed by atoms with Gasteiger partial charge in [0, 0.05) is 17.7 Å². The number of carbonyl (C=O) groups excluding carboxylic acids is 1. The molecule has 0 saturated heterocycles. The van der Waals surface area contributed by atoms with E-state index < -0.39 is 15.0 Å². The summed E-state index contributed by atoms with van der Waals surface area (Å²) in [6, 6.07) is 9.24. The maximum Gasteiger partial charge on any atom is 0.339 e. The number of carbonyl (C=O) groups is 1. The van der Waals surface area contributed by atoms with Crippen LogP contribution in [-0.2, 0) is 16.5 Å². The van der Waals surface area contributed by atoms with Gasteiger partial charge in [0.25, 0.3) is 5.69 Å². The van der Waals surface area contributed by atoms with Crippen molar-refractivity contribution in [2.75, 3.05) is 0 Å². The number of hydrogen-bond donors (Lipinski definition) is 0. The van der Waals surface area contributed by atoms with Gasteiger partial charge in [-0.1, -0.05) is 13.0 Å². The summed E-state index contributed by atoms with van der Waals surface area (Å²) in [6.45, 7) is 3.13. The van der Waals surface area contributed by atoms with Crippen LogP contribution in [-0.4, -0.2) is 19.1 Å². The molecule has 0 heterocycles. The molecule has 0 atom stereocenters. The molecule has 0 N–H and O–H groups in total. The van der Waals surface area contributed by atoms with E-state index in [0.29, 0.717) is 17.5 Å². The standard InChI is InChI=1S/C16H15NO6S/c1-3-12-4-7-14(17(19)20)10-16(12)24(21,22)23-15-8-5-13(6-9-15)11(2)18/h4-10H,3H2,1-2H3. The largest absolute Gasteiger partial charge is 0.379 e. The Bertz CT molecular complexity index is 887. The third kappa shape index (κ3) is 3.77. The highest BCUT2D eigenvalue weighted by Gasteiger charge is 2.23. The second-order valence-corrected chi connectivity index (χ2v) is 6.54. The zero-order valence-electron chi connectivity index (χ0n) is 13.1. The van der Waals surface area contributed by atoms with Gasteiger partial charge in [-0.05, 0) is 43.2 Å². The molecule has 2 aromatic carbocycles. The van der Waals surface area contributed by atoms with Gasteiger partial charge in [0.15, 0.2) is 5.78 Å². The Labute approximate surface area is 139 Å². The van der Waals surface area contributed by atoms with Crippen LogP contribution in [0, 0.1) is 10.1 Å². The molecule has 0 unspecified atom stereocenters. The molecule has 0 aliphatic heterocycles. The van der Waals surface area contributed by atoms with Crippen molar-refractivity contribution >= 4 is 21.6 Å². The fourth-order valence-electron chi connectivity index (χ4n) is 2.10. The maximum absolute atomic E-state index is 12.5. The monoisotopic (exact) mass is 349 g/mol. The van der Waals surface area contributed by atoms with Crippen molar-refractivity contribution in [3.8, 4) is 5.75 Å². The average Bonchev–Trinajstić information content (AvgIpc) is 2.54. The third-order valence-corrected chi connectivity index (χ3v) is 4.71. The quantitative estimate of drug-likeness (QED) is 0.343. The number of nitro groups is 1. The van der Waals surface area contributed by atoms with Crippen LogP contribution in [0.25, 0.3) is 0 Å². The van der Waals surface area contributed by atoms with E-state index >= 15 is 0 Å². The van der Waals surface area contributed by atoms with Crippen LogP contribution in [0.15, 0.2) is 47.4 Å². The fraction of sp³-hybridized carbons (Fsp3) is 0.188. The van der Waals surface area contributed by atoms with Gasteiger partial charge in [0.2, 0.25) is 0 Å². The Kier molecular flexibility index (Phi) is 4.99. The van der Waals surface area contributed by atoms with E-state index in [1.807, 2.05) is 0 Å². The summed E-state index contributed by atoms with van der Waals surface area (Å²) < 4.78 is 30.0. The molecule has 0 fully saturated rings. The topological polar surface area (TPSA) is 104 Å². The van der Waals surface area contributed by atoms with Crippen molar-refractivity contribution in [2.45, 2.75) is 25.2 Å². The van der Waals surface area contributed by atoms with Gasteiger partial charge < -0.3 is 4.18 Å². The molecule has 0 aliphatic rings. The number of benzene rings is 2. The number of aryl methyl sites for hydroxylation is 1. The smallest absolute Gasteiger partial charge is 0.339 e.